The van der Waals surface area contributed by atoms with E-state index < -0.39 is 0 Å². The van der Waals surface area contributed by atoms with E-state index in [1.54, 1.807) is 17.5 Å². The highest BCUT2D eigenvalue weighted by Crippen LogP contribution is 2.22. The number of thiophene rings is 1. The van der Waals surface area contributed by atoms with E-state index in [0.717, 1.165) is 31.7 Å². The van der Waals surface area contributed by atoms with Gasteiger partial charge in [0.2, 0.25) is 5.91 Å². The Labute approximate surface area is 146 Å². The number of anilines is 1. The minimum absolute atomic E-state index is 0.0277. The minimum atomic E-state index is 0.0277. The van der Waals surface area contributed by atoms with Gasteiger partial charge < -0.3 is 15.5 Å². The molecule has 2 aromatic rings. The fourth-order valence-corrected chi connectivity index (χ4v) is 3.78. The standard InChI is InChI=1S/C17H23N5OS/c1-13(15-6-4-10-24-15)20-17(23)12-18-11-14-5-3-9-22(14)16-7-2-8-19-21-16/h2,4,6-8,10,13-14,18H,3,5,9,11-12H2,1H3,(H,20,23)/t13-,14-/m1/s1. The Bertz CT molecular complexity index is 634. The van der Waals surface area contributed by atoms with E-state index in [1.165, 1.54) is 4.88 Å². The molecule has 0 unspecified atom stereocenters. The molecule has 0 aliphatic carbocycles. The summed E-state index contributed by atoms with van der Waals surface area (Å²) in [6.07, 6.45) is 3.94. The molecular formula is C17H23N5OS. The van der Waals surface area contributed by atoms with E-state index >= 15 is 0 Å². The molecule has 1 fully saturated rings. The summed E-state index contributed by atoms with van der Waals surface area (Å²) in [5, 5.41) is 16.5. The third-order valence-electron chi connectivity index (χ3n) is 4.24. The molecule has 0 saturated carbocycles. The first-order chi connectivity index (χ1) is 11.7. The van der Waals surface area contributed by atoms with Crippen LogP contribution in [0, 0.1) is 0 Å². The van der Waals surface area contributed by atoms with Gasteiger partial charge in [-0.15, -0.1) is 16.4 Å². The predicted octanol–water partition coefficient (Wildman–Crippen LogP) is 1.97. The van der Waals surface area contributed by atoms with Crippen LogP contribution in [0.4, 0.5) is 5.82 Å². The lowest BCUT2D eigenvalue weighted by Crippen LogP contribution is -2.42. The molecule has 0 bridgehead atoms. The van der Waals surface area contributed by atoms with Gasteiger partial charge in [-0.25, -0.2) is 0 Å². The van der Waals surface area contributed by atoms with Crippen molar-refractivity contribution in [3.8, 4) is 0 Å². The Kier molecular flexibility index (Phi) is 5.77. The molecule has 0 aromatic carbocycles. The summed E-state index contributed by atoms with van der Waals surface area (Å²) in [4.78, 5) is 15.5. The van der Waals surface area contributed by atoms with Crippen LogP contribution in [0.1, 0.15) is 30.7 Å². The third kappa shape index (κ3) is 4.30. The van der Waals surface area contributed by atoms with Crippen molar-refractivity contribution < 1.29 is 4.79 Å². The fraction of sp³-hybridized carbons (Fsp3) is 0.471. The molecule has 7 heteroatoms. The molecule has 1 aliphatic rings. The normalized spacial score (nSPS) is 18.5. The van der Waals surface area contributed by atoms with Crippen molar-refractivity contribution in [3.05, 3.63) is 40.7 Å². The van der Waals surface area contributed by atoms with Gasteiger partial charge in [0, 0.05) is 30.2 Å². The number of hydrogen-bond donors (Lipinski definition) is 2. The Morgan fingerprint density at radius 3 is 3.12 bits per heavy atom. The monoisotopic (exact) mass is 345 g/mol. The average molecular weight is 345 g/mol. The number of rotatable bonds is 7. The van der Waals surface area contributed by atoms with Gasteiger partial charge in [0.1, 0.15) is 0 Å². The SMILES string of the molecule is C[C@@H](NC(=O)CNC[C@H]1CCCN1c1cccnn1)c1cccs1. The summed E-state index contributed by atoms with van der Waals surface area (Å²) in [5.41, 5.74) is 0. The van der Waals surface area contributed by atoms with Gasteiger partial charge in [0.05, 0.1) is 12.6 Å². The molecule has 128 valence electrons. The summed E-state index contributed by atoms with van der Waals surface area (Å²) >= 11 is 1.66. The summed E-state index contributed by atoms with van der Waals surface area (Å²) < 4.78 is 0. The molecule has 3 rings (SSSR count). The van der Waals surface area contributed by atoms with Crippen molar-refractivity contribution in [2.45, 2.75) is 31.8 Å². The Morgan fingerprint density at radius 2 is 2.38 bits per heavy atom. The highest BCUT2D eigenvalue weighted by atomic mass is 32.1. The van der Waals surface area contributed by atoms with Crippen LogP contribution in [0.15, 0.2) is 35.8 Å². The highest BCUT2D eigenvalue weighted by Gasteiger charge is 2.25. The largest absolute Gasteiger partial charge is 0.351 e. The van der Waals surface area contributed by atoms with Crippen molar-refractivity contribution in [1.29, 1.82) is 0 Å². The lowest BCUT2D eigenvalue weighted by atomic mass is 10.2. The lowest BCUT2D eigenvalue weighted by Gasteiger charge is -2.25. The average Bonchev–Trinajstić information content (AvgIpc) is 3.27. The molecule has 0 spiro atoms. The van der Waals surface area contributed by atoms with E-state index in [0.29, 0.717) is 12.6 Å². The van der Waals surface area contributed by atoms with E-state index in [4.69, 9.17) is 0 Å². The number of carbonyl (C=O) groups is 1. The number of aromatic nitrogens is 2. The third-order valence-corrected chi connectivity index (χ3v) is 5.30. The van der Waals surface area contributed by atoms with E-state index in [2.05, 4.69) is 25.7 Å². The van der Waals surface area contributed by atoms with E-state index in [1.807, 2.05) is 36.6 Å². The predicted molar refractivity (Wildman–Crippen MR) is 96.1 cm³/mol. The van der Waals surface area contributed by atoms with Crippen LogP contribution < -0.4 is 15.5 Å². The maximum Gasteiger partial charge on any atom is 0.234 e. The molecule has 24 heavy (non-hydrogen) atoms. The molecule has 3 heterocycles. The zero-order valence-corrected chi connectivity index (χ0v) is 14.6. The topological polar surface area (TPSA) is 70.2 Å². The van der Waals surface area contributed by atoms with Crippen LogP contribution in [0.5, 0.6) is 0 Å². The molecule has 0 radical (unpaired) electrons. The van der Waals surface area contributed by atoms with Crippen LogP contribution in [0.25, 0.3) is 0 Å². The van der Waals surface area contributed by atoms with Gasteiger partial charge >= 0.3 is 0 Å². The molecular weight excluding hydrogens is 322 g/mol. The fourth-order valence-electron chi connectivity index (χ4n) is 3.05. The van der Waals surface area contributed by atoms with Crippen LogP contribution in [-0.2, 0) is 4.79 Å². The van der Waals surface area contributed by atoms with E-state index in [-0.39, 0.29) is 11.9 Å². The number of nitrogens with zero attached hydrogens (tertiary/aromatic N) is 3. The molecule has 1 aliphatic heterocycles. The van der Waals surface area contributed by atoms with Gasteiger partial charge in [0.25, 0.3) is 0 Å². The second-order valence-corrected chi connectivity index (χ2v) is 6.99. The van der Waals surface area contributed by atoms with Crippen LogP contribution >= 0.6 is 11.3 Å². The first kappa shape index (κ1) is 16.9. The zero-order valence-electron chi connectivity index (χ0n) is 13.8. The van der Waals surface area contributed by atoms with Crippen LogP contribution in [0.2, 0.25) is 0 Å². The summed E-state index contributed by atoms with van der Waals surface area (Å²) in [5.74, 6) is 0.942. The molecule has 2 aromatic heterocycles. The van der Waals surface area contributed by atoms with Gasteiger partial charge in [-0.05, 0) is 43.3 Å². The van der Waals surface area contributed by atoms with Gasteiger partial charge in [0.15, 0.2) is 5.82 Å². The maximum absolute atomic E-state index is 12.1. The first-order valence-electron chi connectivity index (χ1n) is 8.32. The number of amides is 1. The lowest BCUT2D eigenvalue weighted by molar-refractivity contribution is -0.120. The Morgan fingerprint density at radius 1 is 1.46 bits per heavy atom. The van der Waals surface area contributed by atoms with Gasteiger partial charge in [-0.3, -0.25) is 4.79 Å². The molecule has 6 nitrogen and oxygen atoms in total. The Hall–Kier alpha value is -1.99. The molecule has 2 atom stereocenters. The van der Waals surface area contributed by atoms with Crippen molar-refractivity contribution >= 4 is 23.1 Å². The second kappa shape index (κ2) is 8.21. The zero-order chi connectivity index (χ0) is 16.8. The van der Waals surface area contributed by atoms with Crippen LogP contribution in [-0.4, -0.2) is 41.8 Å². The minimum Gasteiger partial charge on any atom is -0.351 e. The van der Waals surface area contributed by atoms with Gasteiger partial charge in [-0.2, -0.15) is 5.10 Å². The molecule has 1 saturated heterocycles. The van der Waals surface area contributed by atoms with Crippen molar-refractivity contribution in [2.75, 3.05) is 24.5 Å². The maximum atomic E-state index is 12.1. The second-order valence-electron chi connectivity index (χ2n) is 6.01. The van der Waals surface area contributed by atoms with Crippen LogP contribution in [0.3, 0.4) is 0 Å². The van der Waals surface area contributed by atoms with Crippen molar-refractivity contribution in [2.24, 2.45) is 0 Å². The van der Waals surface area contributed by atoms with Crippen molar-refractivity contribution in [1.82, 2.24) is 20.8 Å². The summed E-state index contributed by atoms with van der Waals surface area (Å²) in [6.45, 7) is 4.11. The summed E-state index contributed by atoms with van der Waals surface area (Å²) in [7, 11) is 0. The van der Waals surface area contributed by atoms with Gasteiger partial charge in [-0.1, -0.05) is 6.07 Å². The smallest absolute Gasteiger partial charge is 0.234 e. The Balaban J connectivity index is 1.43. The molecule has 1 amide bonds. The van der Waals surface area contributed by atoms with Crippen molar-refractivity contribution in [3.63, 3.8) is 0 Å². The number of nitrogens with one attached hydrogen (secondary N) is 2. The van der Waals surface area contributed by atoms with E-state index in [9.17, 15) is 4.79 Å². The molecule has 2 N–H and O–H groups in total. The number of hydrogen-bond acceptors (Lipinski definition) is 6. The highest BCUT2D eigenvalue weighted by molar-refractivity contribution is 7.10. The first-order valence-corrected chi connectivity index (χ1v) is 9.20. The summed E-state index contributed by atoms with van der Waals surface area (Å²) in [6, 6.07) is 8.36. The quantitative estimate of drug-likeness (QED) is 0.803. The number of carbonyl (C=O) groups excluding carboxylic acids is 1.